The van der Waals surface area contributed by atoms with E-state index in [1.54, 1.807) is 0 Å². The van der Waals surface area contributed by atoms with Gasteiger partial charge in [-0.3, -0.25) is 0 Å². The molecule has 0 aromatic heterocycles. The molecule has 0 aliphatic heterocycles. The van der Waals surface area contributed by atoms with Crippen molar-refractivity contribution in [3.8, 4) is 0 Å². The normalized spacial score (nSPS) is 11.6. The third kappa shape index (κ3) is 13.6. The first kappa shape index (κ1) is 28.5. The minimum Gasteiger partial charge on any atom is -0.444 e. The lowest BCUT2D eigenvalue weighted by Gasteiger charge is -2.19. The van der Waals surface area contributed by atoms with Gasteiger partial charge in [-0.05, 0) is 58.8 Å². The highest BCUT2D eigenvalue weighted by atomic mass is 127. The summed E-state index contributed by atoms with van der Waals surface area (Å²) in [4.78, 5) is 18.6. The summed E-state index contributed by atoms with van der Waals surface area (Å²) in [5.41, 5.74) is 2.01. The van der Waals surface area contributed by atoms with Crippen LogP contribution >= 0.6 is 24.0 Å². The SMILES string of the molecule is CCNC(=NCc1cccc(CN(C)CC)c1)NCCCNC(=O)OC(C)(C)C.I. The Morgan fingerprint density at radius 1 is 1.10 bits per heavy atom. The van der Waals surface area contributed by atoms with E-state index in [-0.39, 0.29) is 30.1 Å². The Balaban J connectivity index is 0.00000841. The highest BCUT2D eigenvalue weighted by molar-refractivity contribution is 14.0. The Kier molecular flexibility index (Phi) is 14.5. The van der Waals surface area contributed by atoms with E-state index in [0.717, 1.165) is 32.0 Å². The average Bonchev–Trinajstić information content (AvgIpc) is 2.64. The van der Waals surface area contributed by atoms with Crippen LogP contribution < -0.4 is 16.0 Å². The van der Waals surface area contributed by atoms with Crippen LogP contribution in [0.15, 0.2) is 29.3 Å². The number of ether oxygens (including phenoxy) is 1. The van der Waals surface area contributed by atoms with Crippen LogP contribution in [-0.2, 0) is 17.8 Å². The smallest absolute Gasteiger partial charge is 0.407 e. The molecule has 0 fully saturated rings. The van der Waals surface area contributed by atoms with E-state index in [2.05, 4.69) is 64.1 Å². The monoisotopic (exact) mass is 533 g/mol. The lowest BCUT2D eigenvalue weighted by Crippen LogP contribution is -2.39. The van der Waals surface area contributed by atoms with E-state index in [4.69, 9.17) is 4.74 Å². The second-order valence-corrected chi connectivity index (χ2v) is 8.05. The third-order valence-electron chi connectivity index (χ3n) is 4.06. The van der Waals surface area contributed by atoms with Crippen LogP contribution in [0.25, 0.3) is 0 Å². The number of halogens is 1. The second-order valence-electron chi connectivity index (χ2n) is 8.05. The fourth-order valence-electron chi connectivity index (χ4n) is 2.56. The largest absolute Gasteiger partial charge is 0.444 e. The van der Waals surface area contributed by atoms with Gasteiger partial charge in [-0.25, -0.2) is 9.79 Å². The second kappa shape index (κ2) is 15.3. The first-order valence-corrected chi connectivity index (χ1v) is 10.5. The molecule has 0 saturated carbocycles. The molecule has 1 aromatic carbocycles. The van der Waals surface area contributed by atoms with Crippen molar-refractivity contribution in [2.75, 3.05) is 33.2 Å². The molecule has 0 radical (unpaired) electrons. The summed E-state index contributed by atoms with van der Waals surface area (Å²) in [6.45, 7) is 14.4. The summed E-state index contributed by atoms with van der Waals surface area (Å²) < 4.78 is 5.22. The Hall–Kier alpha value is -1.55. The number of aliphatic imine (C=N–C) groups is 1. The Bertz CT molecular complexity index is 647. The molecule has 30 heavy (non-hydrogen) atoms. The van der Waals surface area contributed by atoms with Crippen molar-refractivity contribution >= 4 is 36.0 Å². The Labute approximate surface area is 199 Å². The number of carbonyl (C=O) groups excluding carboxylic acids is 1. The fraction of sp³-hybridized carbons (Fsp3) is 0.636. The van der Waals surface area contributed by atoms with Crippen molar-refractivity contribution in [1.82, 2.24) is 20.9 Å². The molecule has 3 N–H and O–H groups in total. The van der Waals surface area contributed by atoms with Crippen molar-refractivity contribution in [2.45, 2.75) is 59.7 Å². The molecule has 0 bridgehead atoms. The molecule has 0 unspecified atom stereocenters. The number of benzene rings is 1. The molecule has 172 valence electrons. The van der Waals surface area contributed by atoms with Gasteiger partial charge in [0.15, 0.2) is 5.96 Å². The number of carbonyl (C=O) groups is 1. The predicted molar refractivity (Wildman–Crippen MR) is 136 cm³/mol. The van der Waals surface area contributed by atoms with Gasteiger partial charge in [0.2, 0.25) is 0 Å². The zero-order chi connectivity index (χ0) is 21.7. The van der Waals surface area contributed by atoms with Crippen LogP contribution in [0, 0.1) is 0 Å². The maximum atomic E-state index is 11.6. The molecule has 1 rings (SSSR count). The minimum atomic E-state index is -0.476. The Morgan fingerprint density at radius 2 is 1.77 bits per heavy atom. The molecule has 0 aliphatic carbocycles. The van der Waals surface area contributed by atoms with Crippen LogP contribution in [0.5, 0.6) is 0 Å². The summed E-state index contributed by atoms with van der Waals surface area (Å²) >= 11 is 0. The van der Waals surface area contributed by atoms with E-state index in [1.165, 1.54) is 11.1 Å². The Morgan fingerprint density at radius 3 is 2.40 bits per heavy atom. The van der Waals surface area contributed by atoms with Crippen LogP contribution in [0.1, 0.15) is 52.2 Å². The van der Waals surface area contributed by atoms with Crippen molar-refractivity contribution in [2.24, 2.45) is 4.99 Å². The van der Waals surface area contributed by atoms with Gasteiger partial charge in [0.1, 0.15) is 5.60 Å². The van der Waals surface area contributed by atoms with Crippen molar-refractivity contribution in [1.29, 1.82) is 0 Å². The average molecular weight is 533 g/mol. The molecule has 0 aliphatic rings. The molecule has 0 atom stereocenters. The lowest BCUT2D eigenvalue weighted by molar-refractivity contribution is 0.0527. The van der Waals surface area contributed by atoms with Gasteiger partial charge >= 0.3 is 6.09 Å². The number of hydrogen-bond acceptors (Lipinski definition) is 4. The van der Waals surface area contributed by atoms with Gasteiger partial charge in [0.25, 0.3) is 0 Å². The zero-order valence-electron chi connectivity index (χ0n) is 19.4. The quantitative estimate of drug-likeness (QED) is 0.185. The van der Waals surface area contributed by atoms with Gasteiger partial charge in [-0.2, -0.15) is 0 Å². The summed E-state index contributed by atoms with van der Waals surface area (Å²) in [5.74, 6) is 0.779. The number of guanidine groups is 1. The standard InChI is InChI=1S/C22H39N5O2.HI/c1-7-23-20(24-13-10-14-25-21(28)29-22(3,4)5)26-16-18-11-9-12-19(15-18)17-27(6)8-2;/h9,11-12,15H,7-8,10,13-14,16-17H2,1-6H3,(H,25,28)(H2,23,24,26);1H. The first-order chi connectivity index (χ1) is 13.7. The van der Waals surface area contributed by atoms with Gasteiger partial charge in [0, 0.05) is 26.2 Å². The van der Waals surface area contributed by atoms with Gasteiger partial charge in [-0.15, -0.1) is 24.0 Å². The molecule has 0 saturated heterocycles. The lowest BCUT2D eigenvalue weighted by atomic mass is 10.1. The van der Waals surface area contributed by atoms with Crippen LogP contribution in [0.4, 0.5) is 4.79 Å². The number of rotatable bonds is 10. The van der Waals surface area contributed by atoms with E-state index in [1.807, 2.05) is 27.7 Å². The van der Waals surface area contributed by atoms with Gasteiger partial charge in [-0.1, -0.05) is 31.2 Å². The van der Waals surface area contributed by atoms with Crippen molar-refractivity contribution in [3.63, 3.8) is 0 Å². The molecular weight excluding hydrogens is 493 g/mol. The summed E-state index contributed by atoms with van der Waals surface area (Å²) in [7, 11) is 2.12. The van der Waals surface area contributed by atoms with Gasteiger partial charge in [0.05, 0.1) is 6.54 Å². The minimum absolute atomic E-state index is 0. The van der Waals surface area contributed by atoms with Crippen LogP contribution in [0.2, 0.25) is 0 Å². The topological polar surface area (TPSA) is 78.0 Å². The summed E-state index contributed by atoms with van der Waals surface area (Å²) in [6.07, 6.45) is 0.398. The fourth-order valence-corrected chi connectivity index (χ4v) is 2.56. The van der Waals surface area contributed by atoms with Crippen molar-refractivity contribution < 1.29 is 9.53 Å². The van der Waals surface area contributed by atoms with E-state index in [9.17, 15) is 4.79 Å². The third-order valence-corrected chi connectivity index (χ3v) is 4.06. The number of nitrogens with one attached hydrogen (secondary N) is 3. The highest BCUT2D eigenvalue weighted by Crippen LogP contribution is 2.09. The van der Waals surface area contributed by atoms with Gasteiger partial charge < -0.3 is 25.6 Å². The summed E-state index contributed by atoms with van der Waals surface area (Å²) in [5, 5.41) is 9.33. The molecule has 1 amide bonds. The molecular formula is C22H40IN5O2. The highest BCUT2D eigenvalue weighted by Gasteiger charge is 2.15. The molecule has 8 heteroatoms. The van der Waals surface area contributed by atoms with E-state index in [0.29, 0.717) is 19.6 Å². The molecule has 7 nitrogen and oxygen atoms in total. The molecule has 0 heterocycles. The summed E-state index contributed by atoms with van der Waals surface area (Å²) in [6, 6.07) is 8.56. The van der Waals surface area contributed by atoms with Crippen LogP contribution in [-0.4, -0.2) is 55.8 Å². The predicted octanol–water partition coefficient (Wildman–Crippen LogP) is 3.73. The number of amides is 1. The number of alkyl carbamates (subject to hydrolysis) is 1. The maximum absolute atomic E-state index is 11.6. The van der Waals surface area contributed by atoms with E-state index >= 15 is 0 Å². The van der Waals surface area contributed by atoms with E-state index < -0.39 is 5.60 Å². The maximum Gasteiger partial charge on any atom is 0.407 e. The van der Waals surface area contributed by atoms with Crippen molar-refractivity contribution in [3.05, 3.63) is 35.4 Å². The molecule has 0 spiro atoms. The first-order valence-electron chi connectivity index (χ1n) is 10.5. The van der Waals surface area contributed by atoms with Crippen LogP contribution in [0.3, 0.4) is 0 Å². The molecule has 1 aromatic rings. The number of hydrogen-bond donors (Lipinski definition) is 3. The zero-order valence-corrected chi connectivity index (χ0v) is 21.7. The number of nitrogens with zero attached hydrogens (tertiary/aromatic N) is 2.